The van der Waals surface area contributed by atoms with Gasteiger partial charge in [-0.15, -0.1) is 0 Å². The van der Waals surface area contributed by atoms with Gasteiger partial charge >= 0.3 is 13.8 Å². The van der Waals surface area contributed by atoms with E-state index in [9.17, 15) is 35.5 Å². The van der Waals surface area contributed by atoms with E-state index in [0.717, 1.165) is 0 Å². The summed E-state index contributed by atoms with van der Waals surface area (Å²) in [6.45, 7) is -2.22. The van der Waals surface area contributed by atoms with Crippen molar-refractivity contribution >= 4 is 13.8 Å². The first-order chi connectivity index (χ1) is 25.3. The standard InChI is InChI=1S/C38H29N4O9P/c39-17-26-9-1-5-13-30(26)22-46-36-35(50-38(44)37(36)47-23-31-14-6-2-10-27(31)18-40)34(21-43)51-52(45,48-24-32-15-7-3-11-28(32)19-41)49-25-33-16-8-4-12-29(33)20-42/h1-16,34-35,43H,21-25H2/t34-,35+/m0/s1. The molecule has 13 nitrogen and oxygen atoms in total. The molecule has 0 saturated heterocycles. The molecule has 0 saturated carbocycles. The molecule has 1 heterocycles. The second-order valence-corrected chi connectivity index (χ2v) is 12.6. The Morgan fingerprint density at radius 1 is 0.635 bits per heavy atom. The molecule has 4 aromatic carbocycles. The minimum Gasteiger partial charge on any atom is -0.485 e. The first-order valence-corrected chi connectivity index (χ1v) is 17.1. The number of phosphoric acid groups is 1. The van der Waals surface area contributed by atoms with E-state index >= 15 is 0 Å². The molecule has 0 unspecified atom stereocenters. The van der Waals surface area contributed by atoms with Crippen LogP contribution in [0.3, 0.4) is 0 Å². The molecule has 0 aliphatic carbocycles. The van der Waals surface area contributed by atoms with Gasteiger partial charge in [0.25, 0.3) is 0 Å². The third-order valence-corrected chi connectivity index (χ3v) is 9.17. The highest BCUT2D eigenvalue weighted by molar-refractivity contribution is 7.48. The van der Waals surface area contributed by atoms with Crippen LogP contribution in [0.2, 0.25) is 0 Å². The van der Waals surface area contributed by atoms with Gasteiger partial charge in [0, 0.05) is 11.1 Å². The van der Waals surface area contributed by atoms with Crippen molar-refractivity contribution < 1.29 is 42.2 Å². The van der Waals surface area contributed by atoms with E-state index in [1.807, 2.05) is 12.1 Å². The number of benzene rings is 4. The molecule has 0 amide bonds. The fraction of sp³-hybridized carbons (Fsp3) is 0.184. The molecule has 0 spiro atoms. The summed E-state index contributed by atoms with van der Waals surface area (Å²) in [5, 5.41) is 48.8. The molecule has 4 aromatic rings. The largest absolute Gasteiger partial charge is 0.485 e. The molecule has 260 valence electrons. The molecule has 14 heteroatoms. The normalized spacial score (nSPS) is 14.3. The smallest absolute Gasteiger partial charge is 0.475 e. The Labute approximate surface area is 299 Å². The number of aliphatic hydroxyl groups is 1. The Morgan fingerprint density at radius 2 is 1.02 bits per heavy atom. The summed E-state index contributed by atoms with van der Waals surface area (Å²) in [4.78, 5) is 13.3. The van der Waals surface area contributed by atoms with Gasteiger partial charge in [0.05, 0.1) is 66.4 Å². The summed E-state index contributed by atoms with van der Waals surface area (Å²) in [5.74, 6) is -1.66. The van der Waals surface area contributed by atoms with E-state index in [-0.39, 0.29) is 30.1 Å². The molecular formula is C38H29N4O9P. The second-order valence-electron chi connectivity index (χ2n) is 11.0. The number of carbonyl (C=O) groups excluding carboxylic acids is 1. The van der Waals surface area contributed by atoms with Crippen molar-refractivity contribution in [2.75, 3.05) is 6.61 Å². The molecule has 0 radical (unpaired) electrons. The highest BCUT2D eigenvalue weighted by Crippen LogP contribution is 2.53. The van der Waals surface area contributed by atoms with E-state index in [2.05, 4.69) is 12.1 Å². The molecule has 0 fully saturated rings. The third kappa shape index (κ3) is 8.89. The number of aliphatic hydroxyl groups excluding tert-OH is 1. The fourth-order valence-corrected chi connectivity index (χ4v) is 6.35. The molecule has 0 bridgehead atoms. The summed E-state index contributed by atoms with van der Waals surface area (Å²) in [7, 11) is -4.73. The van der Waals surface area contributed by atoms with E-state index in [0.29, 0.717) is 33.4 Å². The lowest BCUT2D eigenvalue weighted by Crippen LogP contribution is -2.35. The van der Waals surface area contributed by atoms with Crippen LogP contribution in [0.4, 0.5) is 0 Å². The van der Waals surface area contributed by atoms with Crippen molar-refractivity contribution in [3.63, 3.8) is 0 Å². The average Bonchev–Trinajstić information content (AvgIpc) is 3.51. The van der Waals surface area contributed by atoms with Crippen LogP contribution < -0.4 is 0 Å². The number of phosphoric ester groups is 1. The first kappa shape index (κ1) is 37.0. The number of esters is 1. The molecule has 2 atom stereocenters. The third-order valence-electron chi connectivity index (χ3n) is 7.75. The summed E-state index contributed by atoms with van der Waals surface area (Å²) in [6.07, 6.45) is -3.20. The fourth-order valence-electron chi connectivity index (χ4n) is 5.05. The van der Waals surface area contributed by atoms with Crippen LogP contribution in [0, 0.1) is 45.3 Å². The van der Waals surface area contributed by atoms with Gasteiger partial charge in [0.15, 0.2) is 11.9 Å². The minimum atomic E-state index is -4.73. The Kier molecular flexibility index (Phi) is 12.5. The first-order valence-electron chi connectivity index (χ1n) is 15.6. The quantitative estimate of drug-likeness (QED) is 0.105. The predicted octanol–water partition coefficient (Wildman–Crippen LogP) is 5.96. The van der Waals surface area contributed by atoms with E-state index in [4.69, 9.17) is 27.8 Å². The number of nitrogens with zero attached hydrogens (tertiary/aromatic N) is 4. The zero-order chi connectivity index (χ0) is 36.9. The summed E-state index contributed by atoms with van der Waals surface area (Å²) >= 11 is 0. The summed E-state index contributed by atoms with van der Waals surface area (Å²) < 4.78 is 49.1. The lowest BCUT2D eigenvalue weighted by molar-refractivity contribution is -0.148. The molecule has 52 heavy (non-hydrogen) atoms. The minimum absolute atomic E-state index is 0.239. The van der Waals surface area contributed by atoms with Gasteiger partial charge in [-0.2, -0.15) is 21.0 Å². The monoisotopic (exact) mass is 716 g/mol. The number of rotatable bonds is 16. The number of cyclic esters (lactones) is 1. The van der Waals surface area contributed by atoms with Crippen molar-refractivity contribution in [2.45, 2.75) is 38.6 Å². The maximum absolute atomic E-state index is 14.4. The van der Waals surface area contributed by atoms with Crippen LogP contribution in [0.15, 0.2) is 109 Å². The van der Waals surface area contributed by atoms with Crippen LogP contribution in [0.1, 0.15) is 44.5 Å². The van der Waals surface area contributed by atoms with Crippen molar-refractivity contribution in [1.82, 2.24) is 0 Å². The van der Waals surface area contributed by atoms with Crippen LogP contribution >= 0.6 is 7.82 Å². The van der Waals surface area contributed by atoms with Crippen molar-refractivity contribution in [3.05, 3.63) is 153 Å². The number of carbonyl (C=O) groups is 1. The highest BCUT2D eigenvalue weighted by atomic mass is 31.2. The lowest BCUT2D eigenvalue weighted by Gasteiger charge is -2.27. The molecule has 1 N–H and O–H groups in total. The Bertz CT molecular complexity index is 2130. The van der Waals surface area contributed by atoms with Gasteiger partial charge < -0.3 is 19.3 Å². The summed E-state index contributed by atoms with van der Waals surface area (Å²) in [6, 6.07) is 34.2. The highest BCUT2D eigenvalue weighted by Gasteiger charge is 2.46. The molecular weight excluding hydrogens is 687 g/mol. The van der Waals surface area contributed by atoms with Crippen LogP contribution in [-0.4, -0.2) is 29.9 Å². The molecule has 1 aliphatic rings. The Balaban J connectivity index is 1.48. The van der Waals surface area contributed by atoms with Gasteiger partial charge in [0.1, 0.15) is 19.3 Å². The zero-order valence-corrected chi connectivity index (χ0v) is 28.3. The van der Waals surface area contributed by atoms with E-state index < -0.39 is 51.6 Å². The van der Waals surface area contributed by atoms with Gasteiger partial charge in [-0.25, -0.2) is 9.36 Å². The lowest BCUT2D eigenvalue weighted by atomic mass is 10.1. The topological polar surface area (TPSA) is 205 Å². The maximum Gasteiger partial charge on any atom is 0.475 e. The molecule has 0 aromatic heterocycles. The van der Waals surface area contributed by atoms with E-state index in [1.54, 1.807) is 97.1 Å². The molecule has 1 aliphatic heterocycles. The number of hydrogen-bond donors (Lipinski definition) is 1. The van der Waals surface area contributed by atoms with Crippen molar-refractivity contribution in [2.24, 2.45) is 0 Å². The van der Waals surface area contributed by atoms with Crippen LogP contribution in [0.25, 0.3) is 0 Å². The SMILES string of the molecule is N#Cc1ccccc1COC1=C(OCc2ccccc2C#N)[C@@H]([C@H](CO)OP(=O)(OCc2ccccc2C#N)OCc2ccccc2C#N)OC1=O. The molecule has 5 rings (SSSR count). The van der Waals surface area contributed by atoms with Crippen molar-refractivity contribution in [1.29, 1.82) is 21.0 Å². The van der Waals surface area contributed by atoms with Crippen LogP contribution in [0.5, 0.6) is 0 Å². The summed E-state index contributed by atoms with van der Waals surface area (Å²) in [5.41, 5.74) is 2.71. The maximum atomic E-state index is 14.4. The second kappa shape index (κ2) is 17.6. The van der Waals surface area contributed by atoms with Gasteiger partial charge in [-0.1, -0.05) is 72.8 Å². The predicted molar refractivity (Wildman–Crippen MR) is 180 cm³/mol. The Hall–Kier alpha value is -6.28. The van der Waals surface area contributed by atoms with Gasteiger partial charge in [-0.05, 0) is 35.4 Å². The zero-order valence-electron chi connectivity index (χ0n) is 27.4. The van der Waals surface area contributed by atoms with Crippen LogP contribution in [-0.2, 0) is 63.6 Å². The van der Waals surface area contributed by atoms with Gasteiger partial charge in [-0.3, -0.25) is 13.6 Å². The number of hydrogen-bond acceptors (Lipinski definition) is 13. The number of ether oxygens (including phenoxy) is 3. The Morgan fingerprint density at radius 3 is 1.42 bits per heavy atom. The van der Waals surface area contributed by atoms with E-state index in [1.165, 1.54) is 0 Å². The number of nitriles is 4. The van der Waals surface area contributed by atoms with Crippen molar-refractivity contribution in [3.8, 4) is 24.3 Å². The average molecular weight is 717 g/mol. The van der Waals surface area contributed by atoms with Gasteiger partial charge in [0.2, 0.25) is 5.76 Å².